The zero-order valence-corrected chi connectivity index (χ0v) is 20.9. The molecule has 34 heavy (non-hydrogen) atoms. The Morgan fingerprint density at radius 1 is 1.24 bits per heavy atom. The number of nitrogens with one attached hydrogen (secondary N) is 2. The molecule has 2 aromatic rings. The molecule has 2 atom stereocenters. The number of hydrogen-bond acceptors (Lipinski definition) is 7. The van der Waals surface area contributed by atoms with Gasteiger partial charge in [-0.05, 0) is 57.7 Å². The first-order valence-electron chi connectivity index (χ1n) is 11.3. The molecule has 2 heterocycles. The van der Waals surface area contributed by atoms with E-state index in [0.717, 1.165) is 29.7 Å². The van der Waals surface area contributed by atoms with Gasteiger partial charge in [-0.1, -0.05) is 17.3 Å². The Balaban J connectivity index is 1.57. The van der Waals surface area contributed by atoms with Crippen molar-refractivity contribution < 1.29 is 23.6 Å². The molecule has 1 aromatic heterocycles. The molecule has 1 aromatic carbocycles. The first-order valence-corrected chi connectivity index (χ1v) is 12.4. The number of thioether (sulfide) groups is 1. The molecule has 10 heteroatoms. The summed E-state index contributed by atoms with van der Waals surface area (Å²) >= 11 is 1.21. The second-order valence-corrected chi connectivity index (χ2v) is 9.80. The van der Waals surface area contributed by atoms with Crippen LogP contribution in [-0.4, -0.2) is 64.6 Å². The van der Waals surface area contributed by atoms with Crippen LogP contribution in [0.4, 0.5) is 11.5 Å². The zero-order valence-electron chi connectivity index (χ0n) is 20.1. The maximum atomic E-state index is 13.0. The monoisotopic (exact) mass is 488 g/mol. The Labute approximate surface area is 204 Å². The van der Waals surface area contributed by atoms with E-state index in [1.54, 1.807) is 19.9 Å². The van der Waals surface area contributed by atoms with Crippen molar-refractivity contribution in [1.82, 2.24) is 10.1 Å². The summed E-state index contributed by atoms with van der Waals surface area (Å²) in [4.78, 5) is 39.7. The topological polar surface area (TPSA) is 114 Å². The predicted octanol–water partition coefficient (Wildman–Crippen LogP) is 3.31. The predicted molar refractivity (Wildman–Crippen MR) is 132 cm³/mol. The summed E-state index contributed by atoms with van der Waals surface area (Å²) in [6.45, 7) is 8.31. The fourth-order valence-corrected chi connectivity index (χ4v) is 4.34. The first-order chi connectivity index (χ1) is 16.2. The molecule has 9 nitrogen and oxygen atoms in total. The minimum Gasteiger partial charge on any atom is -0.376 e. The summed E-state index contributed by atoms with van der Waals surface area (Å²) in [6.07, 6.45) is 1.71. The Kier molecular flexibility index (Phi) is 9.12. The van der Waals surface area contributed by atoms with Gasteiger partial charge in [-0.3, -0.25) is 14.4 Å². The van der Waals surface area contributed by atoms with E-state index in [0.29, 0.717) is 24.7 Å². The highest BCUT2D eigenvalue weighted by Gasteiger charge is 2.26. The Morgan fingerprint density at radius 2 is 2.03 bits per heavy atom. The quantitative estimate of drug-likeness (QED) is 0.527. The molecule has 184 valence electrons. The molecular formula is C24H32N4O5S. The van der Waals surface area contributed by atoms with Gasteiger partial charge < -0.3 is 24.8 Å². The summed E-state index contributed by atoms with van der Waals surface area (Å²) in [5.41, 5.74) is 2.80. The zero-order chi connectivity index (χ0) is 24.7. The molecule has 0 radical (unpaired) electrons. The SMILES string of the molecule is Cc1cc(NC(=O)C(C)SCC(=O)N(CC(=O)Nc2cccc(C)c2C)CC2CCCO2)no1. The van der Waals surface area contributed by atoms with Crippen LogP contribution in [-0.2, 0) is 19.1 Å². The maximum Gasteiger partial charge on any atom is 0.244 e. The van der Waals surface area contributed by atoms with Crippen molar-refractivity contribution in [1.29, 1.82) is 0 Å². The van der Waals surface area contributed by atoms with Crippen molar-refractivity contribution in [2.45, 2.75) is 51.9 Å². The molecule has 1 aliphatic heterocycles. The van der Waals surface area contributed by atoms with Crippen molar-refractivity contribution >= 4 is 41.0 Å². The summed E-state index contributed by atoms with van der Waals surface area (Å²) < 4.78 is 10.6. The van der Waals surface area contributed by atoms with E-state index in [2.05, 4.69) is 15.8 Å². The number of benzene rings is 1. The third-order valence-corrected chi connectivity index (χ3v) is 6.85. The number of nitrogens with zero attached hydrogens (tertiary/aromatic N) is 2. The molecule has 3 amide bonds. The highest BCUT2D eigenvalue weighted by atomic mass is 32.2. The van der Waals surface area contributed by atoms with Crippen LogP contribution in [0.1, 0.15) is 36.7 Å². The van der Waals surface area contributed by atoms with Gasteiger partial charge in [0.15, 0.2) is 5.82 Å². The van der Waals surface area contributed by atoms with E-state index in [-0.39, 0.29) is 36.1 Å². The molecular weight excluding hydrogens is 456 g/mol. The van der Waals surface area contributed by atoms with E-state index in [1.165, 1.54) is 16.7 Å². The number of aromatic nitrogens is 1. The van der Waals surface area contributed by atoms with Gasteiger partial charge in [0.2, 0.25) is 17.7 Å². The Hall–Kier alpha value is -2.85. The van der Waals surface area contributed by atoms with Crippen molar-refractivity contribution in [3.8, 4) is 0 Å². The second kappa shape index (κ2) is 12.0. The van der Waals surface area contributed by atoms with Crippen LogP contribution in [0.3, 0.4) is 0 Å². The van der Waals surface area contributed by atoms with E-state index in [1.807, 2.05) is 32.0 Å². The van der Waals surface area contributed by atoms with Crippen LogP contribution in [0.25, 0.3) is 0 Å². The molecule has 0 spiro atoms. The van der Waals surface area contributed by atoms with Crippen LogP contribution in [0.5, 0.6) is 0 Å². The van der Waals surface area contributed by atoms with Gasteiger partial charge in [-0.25, -0.2) is 0 Å². The molecule has 0 saturated carbocycles. The van der Waals surface area contributed by atoms with Gasteiger partial charge in [0.1, 0.15) is 5.76 Å². The fourth-order valence-electron chi connectivity index (χ4n) is 3.55. The lowest BCUT2D eigenvalue weighted by Gasteiger charge is -2.25. The van der Waals surface area contributed by atoms with Gasteiger partial charge in [-0.15, -0.1) is 11.8 Å². The number of carbonyl (C=O) groups is 3. The molecule has 1 saturated heterocycles. The van der Waals surface area contributed by atoms with Gasteiger partial charge in [0, 0.05) is 24.9 Å². The van der Waals surface area contributed by atoms with Crippen LogP contribution in [0.15, 0.2) is 28.8 Å². The van der Waals surface area contributed by atoms with Crippen molar-refractivity contribution in [2.24, 2.45) is 0 Å². The Morgan fingerprint density at radius 3 is 2.71 bits per heavy atom. The van der Waals surface area contributed by atoms with Crippen LogP contribution in [0, 0.1) is 20.8 Å². The number of ether oxygens (including phenoxy) is 1. The molecule has 1 aliphatic rings. The summed E-state index contributed by atoms with van der Waals surface area (Å²) in [5.74, 6) is 0.241. The summed E-state index contributed by atoms with van der Waals surface area (Å²) in [7, 11) is 0. The van der Waals surface area contributed by atoms with E-state index in [4.69, 9.17) is 9.26 Å². The third-order valence-electron chi connectivity index (χ3n) is 5.72. The summed E-state index contributed by atoms with van der Waals surface area (Å²) in [5, 5.41) is 8.84. The minimum absolute atomic E-state index is 0.0654. The smallest absolute Gasteiger partial charge is 0.244 e. The largest absolute Gasteiger partial charge is 0.376 e. The van der Waals surface area contributed by atoms with Gasteiger partial charge in [0.25, 0.3) is 0 Å². The number of anilines is 2. The summed E-state index contributed by atoms with van der Waals surface area (Å²) in [6, 6.07) is 7.34. The van der Waals surface area contributed by atoms with Gasteiger partial charge >= 0.3 is 0 Å². The third kappa shape index (κ3) is 7.33. The van der Waals surface area contributed by atoms with Gasteiger partial charge in [0.05, 0.1) is 23.7 Å². The van der Waals surface area contributed by atoms with Crippen molar-refractivity contribution in [3.05, 3.63) is 41.2 Å². The van der Waals surface area contributed by atoms with Crippen LogP contribution < -0.4 is 10.6 Å². The number of aryl methyl sites for hydroxylation is 2. The highest BCUT2D eigenvalue weighted by Crippen LogP contribution is 2.20. The average molecular weight is 489 g/mol. The molecule has 0 aliphatic carbocycles. The molecule has 2 unspecified atom stereocenters. The highest BCUT2D eigenvalue weighted by molar-refractivity contribution is 8.01. The average Bonchev–Trinajstić information content (AvgIpc) is 3.46. The van der Waals surface area contributed by atoms with Gasteiger partial charge in [-0.2, -0.15) is 0 Å². The molecule has 0 bridgehead atoms. The van der Waals surface area contributed by atoms with Crippen LogP contribution in [0.2, 0.25) is 0 Å². The normalized spacial score (nSPS) is 16.2. The van der Waals surface area contributed by atoms with E-state index < -0.39 is 5.25 Å². The van der Waals surface area contributed by atoms with E-state index in [9.17, 15) is 14.4 Å². The number of carbonyl (C=O) groups excluding carboxylic acids is 3. The van der Waals surface area contributed by atoms with E-state index >= 15 is 0 Å². The number of rotatable bonds is 10. The number of hydrogen-bond donors (Lipinski definition) is 2. The lowest BCUT2D eigenvalue weighted by Crippen LogP contribution is -2.43. The van der Waals surface area contributed by atoms with Crippen molar-refractivity contribution in [2.75, 3.05) is 36.1 Å². The first kappa shape index (κ1) is 25.8. The lowest BCUT2D eigenvalue weighted by atomic mass is 10.1. The molecule has 3 rings (SSSR count). The lowest BCUT2D eigenvalue weighted by molar-refractivity contribution is -0.133. The fraction of sp³-hybridized carbons (Fsp3) is 0.500. The van der Waals surface area contributed by atoms with Crippen molar-refractivity contribution in [3.63, 3.8) is 0 Å². The molecule has 1 fully saturated rings. The minimum atomic E-state index is -0.491. The standard InChI is InChI=1S/C24H32N4O5S/c1-15-7-5-9-20(17(15)3)25-22(29)13-28(12-19-8-6-10-32-19)23(30)14-34-18(4)24(31)26-21-11-16(2)33-27-21/h5,7,9,11,18-19H,6,8,10,12-14H2,1-4H3,(H,25,29)(H,26,27,31). The Bertz CT molecular complexity index is 1020. The number of amides is 3. The maximum absolute atomic E-state index is 13.0. The molecule has 2 N–H and O–H groups in total. The second-order valence-electron chi connectivity index (χ2n) is 8.47. The van der Waals surface area contributed by atoms with Crippen LogP contribution >= 0.6 is 11.8 Å².